The van der Waals surface area contributed by atoms with Gasteiger partial charge >= 0.3 is 0 Å². The molecule has 0 saturated heterocycles. The Balaban J connectivity index is 2.51. The van der Waals surface area contributed by atoms with Crippen LogP contribution in [0.2, 0.25) is 0 Å². The molecule has 4 unspecified atom stereocenters. The number of Topliss-reactive ketones (excluding diaryl/α,β-unsaturated/α-hetero) is 1. The second-order valence-electron chi connectivity index (χ2n) is 17.9. The first-order valence-electron chi connectivity index (χ1n) is 24.9. The van der Waals surface area contributed by atoms with E-state index in [-0.39, 0.29) is 25.7 Å². The largest absolute Gasteiger partial charge is 0.395 e. The third kappa shape index (κ3) is 30.1. The molecule has 0 saturated carbocycles. The van der Waals surface area contributed by atoms with Crippen LogP contribution in [0.4, 0.5) is 0 Å². The average Bonchev–Trinajstić information content (AvgIpc) is 3.21. The number of carbonyl (C=O) groups excluding carboxylic acids is 2. The zero-order valence-electron chi connectivity index (χ0n) is 39.1. The van der Waals surface area contributed by atoms with Crippen LogP contribution >= 0.6 is 0 Å². The molecule has 0 bridgehead atoms. The van der Waals surface area contributed by atoms with Crippen molar-refractivity contribution in [1.29, 1.82) is 0 Å². The van der Waals surface area contributed by atoms with Gasteiger partial charge in [0.25, 0.3) is 0 Å². The molecule has 1 aliphatic carbocycles. The van der Waals surface area contributed by atoms with E-state index in [1.165, 1.54) is 122 Å². The summed E-state index contributed by atoms with van der Waals surface area (Å²) in [7, 11) is 1.98. The summed E-state index contributed by atoms with van der Waals surface area (Å²) in [6.07, 6.45) is 39.3. The summed E-state index contributed by atoms with van der Waals surface area (Å²) in [6.45, 7) is 12.9. The number of carbonyl (C=O) groups is 2. The Morgan fingerprint density at radius 1 is 0.576 bits per heavy atom. The lowest BCUT2D eigenvalue weighted by atomic mass is 9.66. The topological polar surface area (TPSA) is 117 Å². The van der Waals surface area contributed by atoms with E-state index in [4.69, 9.17) is 5.11 Å². The van der Waals surface area contributed by atoms with E-state index in [0.29, 0.717) is 62.7 Å². The van der Waals surface area contributed by atoms with Crippen LogP contribution in [-0.2, 0) is 9.59 Å². The predicted octanol–water partition coefficient (Wildman–Crippen LogP) is 9.20. The molecule has 346 valence electrons. The van der Waals surface area contributed by atoms with Gasteiger partial charge in [0.15, 0.2) is 0 Å². The minimum absolute atomic E-state index is 0.0768. The molecule has 1 rings (SSSR count). The van der Waals surface area contributed by atoms with Crippen molar-refractivity contribution in [1.82, 2.24) is 20.0 Å². The van der Waals surface area contributed by atoms with Gasteiger partial charge in [-0.15, -0.1) is 0 Å². The summed E-state index contributed by atoms with van der Waals surface area (Å²) in [5.74, 6) is 3.23. The molecule has 4 atom stereocenters. The molecule has 0 radical (unpaired) electrons. The van der Waals surface area contributed by atoms with Crippen LogP contribution in [0.5, 0.6) is 0 Å². The zero-order chi connectivity index (χ0) is 43.2. The number of likely N-dealkylation sites (N-methyl/N-ethyl adjacent to an activating group) is 1. The normalized spacial score (nSPS) is 18.3. The highest BCUT2D eigenvalue weighted by Gasteiger charge is 2.33. The molecule has 4 N–H and O–H groups in total. The number of rotatable bonds is 42. The van der Waals surface area contributed by atoms with E-state index in [1.54, 1.807) is 6.92 Å². The number of unbranched alkanes of at least 4 members (excludes halogenated alkanes) is 15. The molecule has 0 aliphatic heterocycles. The van der Waals surface area contributed by atoms with Gasteiger partial charge in [-0.25, -0.2) is 0 Å². The van der Waals surface area contributed by atoms with Crippen LogP contribution in [0.1, 0.15) is 175 Å². The molecule has 9 heteroatoms. The number of hydrogen-bond donors (Lipinski definition) is 4. The van der Waals surface area contributed by atoms with Crippen LogP contribution in [0.15, 0.2) is 24.3 Å². The first kappa shape index (κ1) is 55.4. The van der Waals surface area contributed by atoms with Crippen molar-refractivity contribution in [2.24, 2.45) is 23.7 Å². The van der Waals surface area contributed by atoms with E-state index in [0.717, 1.165) is 57.8 Å². The highest BCUT2D eigenvalue weighted by Crippen LogP contribution is 2.43. The Hall–Kier alpha value is -1.62. The molecule has 59 heavy (non-hydrogen) atoms. The number of nitrogens with zero attached hydrogens (tertiary/aromatic N) is 3. The molecule has 1 amide bonds. The highest BCUT2D eigenvalue weighted by molar-refractivity contribution is 5.75. The standard InChI is InChI=1S/C50H96N4O5/c1-5-7-9-14-22-28-49-47(32-31-46(26-19-8-6-2)48(49)29-23-17-12-10-15-20-25-45(3)58)27-21-16-11-13-18-24-30-50(59)51-33-34-53(40-43-56)37-38-54(41-44-57)36-35-52(4)39-42-55/h22,28,31-32,46-49,55-57H,5-21,23-27,29-30,33-44H2,1-4H3,(H,51,59). The van der Waals surface area contributed by atoms with Crippen molar-refractivity contribution in [2.45, 2.75) is 175 Å². The number of amides is 1. The fourth-order valence-corrected chi connectivity index (χ4v) is 8.95. The Kier molecular flexibility index (Phi) is 36.8. The SMILES string of the molecule is CCCCCC=CC1C(CCCCCCCCC(=O)NCCN(CCO)CCN(CCO)CCN(C)CCO)C=CC(CCCCC)C1CCCCCCCCC(C)=O. The molecule has 0 fully saturated rings. The molecule has 9 nitrogen and oxygen atoms in total. The summed E-state index contributed by atoms with van der Waals surface area (Å²) in [4.78, 5) is 30.4. The van der Waals surface area contributed by atoms with Crippen molar-refractivity contribution >= 4 is 11.7 Å². The van der Waals surface area contributed by atoms with E-state index < -0.39 is 0 Å². The predicted molar refractivity (Wildman–Crippen MR) is 250 cm³/mol. The average molecular weight is 833 g/mol. The number of allylic oxidation sites excluding steroid dienone is 4. The summed E-state index contributed by atoms with van der Waals surface area (Å²) in [5.41, 5.74) is 0. The Labute approximate surface area is 364 Å². The van der Waals surface area contributed by atoms with E-state index in [9.17, 15) is 19.8 Å². The Morgan fingerprint density at radius 3 is 1.71 bits per heavy atom. The number of aliphatic hydroxyl groups is 3. The van der Waals surface area contributed by atoms with E-state index >= 15 is 0 Å². The second-order valence-corrected chi connectivity index (χ2v) is 17.9. The van der Waals surface area contributed by atoms with Crippen LogP contribution < -0.4 is 5.32 Å². The minimum Gasteiger partial charge on any atom is -0.395 e. The molecule has 0 aromatic rings. The lowest BCUT2D eigenvalue weighted by Crippen LogP contribution is -2.43. The van der Waals surface area contributed by atoms with Crippen molar-refractivity contribution in [2.75, 3.05) is 85.8 Å². The monoisotopic (exact) mass is 833 g/mol. The second kappa shape index (κ2) is 39.2. The first-order valence-corrected chi connectivity index (χ1v) is 24.9. The molecule has 1 aliphatic rings. The number of ketones is 1. The smallest absolute Gasteiger partial charge is 0.220 e. The minimum atomic E-state index is 0.0768. The van der Waals surface area contributed by atoms with Gasteiger partial charge in [-0.1, -0.05) is 134 Å². The van der Waals surface area contributed by atoms with Gasteiger partial charge in [0.1, 0.15) is 5.78 Å². The first-order chi connectivity index (χ1) is 28.8. The maximum atomic E-state index is 12.6. The maximum Gasteiger partial charge on any atom is 0.220 e. The molecule has 0 aromatic heterocycles. The van der Waals surface area contributed by atoms with E-state index in [2.05, 4.69) is 58.2 Å². The van der Waals surface area contributed by atoms with Crippen LogP contribution in [0.3, 0.4) is 0 Å². The van der Waals surface area contributed by atoms with Gasteiger partial charge in [0.2, 0.25) is 5.91 Å². The third-order valence-corrected chi connectivity index (χ3v) is 12.7. The number of hydrogen-bond acceptors (Lipinski definition) is 8. The van der Waals surface area contributed by atoms with E-state index in [1.807, 2.05) is 7.05 Å². The third-order valence-electron chi connectivity index (χ3n) is 12.7. The highest BCUT2D eigenvalue weighted by atomic mass is 16.3. The fourth-order valence-electron chi connectivity index (χ4n) is 8.95. The summed E-state index contributed by atoms with van der Waals surface area (Å²) < 4.78 is 0. The number of nitrogens with one attached hydrogen (secondary N) is 1. The lowest BCUT2D eigenvalue weighted by Gasteiger charge is -2.39. The van der Waals surface area contributed by atoms with Crippen molar-refractivity contribution in [3.05, 3.63) is 24.3 Å². The van der Waals surface area contributed by atoms with Gasteiger partial charge < -0.3 is 30.3 Å². The molecular weight excluding hydrogens is 737 g/mol. The summed E-state index contributed by atoms with van der Waals surface area (Å²) in [6, 6.07) is 0. The molecular formula is C50H96N4O5. The van der Waals surface area contributed by atoms with Crippen molar-refractivity contribution in [3.8, 4) is 0 Å². The summed E-state index contributed by atoms with van der Waals surface area (Å²) >= 11 is 0. The Morgan fingerprint density at radius 2 is 1.08 bits per heavy atom. The van der Waals surface area contributed by atoms with Crippen LogP contribution in [0, 0.1) is 23.7 Å². The van der Waals surface area contributed by atoms with Crippen molar-refractivity contribution in [3.63, 3.8) is 0 Å². The quantitative estimate of drug-likeness (QED) is 0.0356. The molecule has 0 heterocycles. The van der Waals surface area contributed by atoms with Crippen molar-refractivity contribution < 1.29 is 24.9 Å². The van der Waals surface area contributed by atoms with Gasteiger partial charge in [0, 0.05) is 71.7 Å². The summed E-state index contributed by atoms with van der Waals surface area (Å²) in [5, 5.41) is 31.4. The molecule has 0 aromatic carbocycles. The zero-order valence-corrected chi connectivity index (χ0v) is 39.1. The van der Waals surface area contributed by atoms with Crippen LogP contribution in [0.25, 0.3) is 0 Å². The van der Waals surface area contributed by atoms with Crippen LogP contribution in [-0.4, -0.2) is 127 Å². The number of aliphatic hydroxyl groups excluding tert-OH is 3. The van der Waals surface area contributed by atoms with Gasteiger partial charge in [-0.05, 0) is 82.6 Å². The van der Waals surface area contributed by atoms with Gasteiger partial charge in [-0.2, -0.15) is 0 Å². The lowest BCUT2D eigenvalue weighted by molar-refractivity contribution is -0.121. The van der Waals surface area contributed by atoms with Gasteiger partial charge in [0.05, 0.1) is 19.8 Å². The Bertz CT molecular complexity index is 1040. The molecule has 0 spiro atoms. The van der Waals surface area contributed by atoms with Gasteiger partial charge in [-0.3, -0.25) is 14.6 Å². The fraction of sp³-hybridized carbons (Fsp3) is 0.880. The maximum absolute atomic E-state index is 12.6.